The molecule has 0 heterocycles. The molecule has 0 aliphatic heterocycles. The van der Waals surface area contributed by atoms with E-state index in [1.54, 1.807) is 13.8 Å². The fraction of sp³-hybridized carbons (Fsp3) is 0.667. The topological polar surface area (TPSA) is 35.5 Å². The lowest BCUT2D eigenvalue weighted by Gasteiger charge is -2.09. The average molecular weight is 170 g/mol. The Balaban J connectivity index is 3.92. The zero-order valence-corrected chi connectivity index (χ0v) is 7.72. The van der Waals surface area contributed by atoms with E-state index < -0.39 is 6.10 Å². The van der Waals surface area contributed by atoms with Crippen molar-refractivity contribution in [2.75, 3.05) is 13.7 Å². The molecule has 0 aromatic heterocycles. The van der Waals surface area contributed by atoms with Crippen LogP contribution in [-0.2, 0) is 14.3 Å². The van der Waals surface area contributed by atoms with E-state index in [4.69, 9.17) is 9.47 Å². The Hall–Kier alpha value is -1.01. The standard InChI is InChI=1S/C9H14O3/c1-4-6-7-8(11-3)9(10)12-5-2/h8H,5,7H2,1-3H3. The van der Waals surface area contributed by atoms with Gasteiger partial charge in [-0.15, -0.1) is 11.8 Å². The lowest BCUT2D eigenvalue weighted by molar-refractivity contribution is -0.154. The molecule has 0 aromatic carbocycles. The molecule has 12 heavy (non-hydrogen) atoms. The minimum absolute atomic E-state index is 0.345. The van der Waals surface area contributed by atoms with Crippen LogP contribution in [0, 0.1) is 11.8 Å². The van der Waals surface area contributed by atoms with Crippen LogP contribution in [0.15, 0.2) is 0 Å². The smallest absolute Gasteiger partial charge is 0.336 e. The third kappa shape index (κ3) is 3.99. The first-order valence-electron chi connectivity index (χ1n) is 3.85. The van der Waals surface area contributed by atoms with E-state index in [1.807, 2.05) is 0 Å². The zero-order chi connectivity index (χ0) is 9.40. The Bertz CT molecular complexity index is 188. The molecule has 0 aliphatic rings. The Labute approximate surface area is 73.0 Å². The van der Waals surface area contributed by atoms with Gasteiger partial charge in [0.05, 0.1) is 6.61 Å². The lowest BCUT2D eigenvalue weighted by Crippen LogP contribution is -2.24. The highest BCUT2D eigenvalue weighted by molar-refractivity contribution is 5.75. The Morgan fingerprint density at radius 3 is 2.67 bits per heavy atom. The van der Waals surface area contributed by atoms with Gasteiger partial charge in [-0.05, 0) is 13.8 Å². The highest BCUT2D eigenvalue weighted by Gasteiger charge is 2.16. The van der Waals surface area contributed by atoms with Crippen molar-refractivity contribution in [2.45, 2.75) is 26.4 Å². The maximum Gasteiger partial charge on any atom is 0.336 e. The molecule has 1 unspecified atom stereocenters. The van der Waals surface area contributed by atoms with E-state index in [9.17, 15) is 4.79 Å². The third-order valence-electron chi connectivity index (χ3n) is 1.30. The predicted molar refractivity (Wildman–Crippen MR) is 45.5 cm³/mol. The van der Waals surface area contributed by atoms with Crippen LogP contribution in [-0.4, -0.2) is 25.8 Å². The van der Waals surface area contributed by atoms with Gasteiger partial charge in [-0.2, -0.15) is 0 Å². The van der Waals surface area contributed by atoms with Crippen LogP contribution in [0.3, 0.4) is 0 Å². The van der Waals surface area contributed by atoms with Crippen LogP contribution >= 0.6 is 0 Å². The SMILES string of the molecule is CC#CCC(OC)C(=O)OCC. The molecule has 0 N–H and O–H groups in total. The van der Waals surface area contributed by atoms with E-state index in [1.165, 1.54) is 7.11 Å². The summed E-state index contributed by atoms with van der Waals surface area (Å²) in [6, 6.07) is 0. The van der Waals surface area contributed by atoms with Crippen LogP contribution in [0.1, 0.15) is 20.3 Å². The first-order chi connectivity index (χ1) is 5.76. The minimum atomic E-state index is -0.544. The quantitative estimate of drug-likeness (QED) is 0.466. The van der Waals surface area contributed by atoms with Crippen molar-refractivity contribution in [3.8, 4) is 11.8 Å². The summed E-state index contributed by atoms with van der Waals surface area (Å²) in [5.41, 5.74) is 0. The highest BCUT2D eigenvalue weighted by Crippen LogP contribution is 1.98. The van der Waals surface area contributed by atoms with Crippen molar-refractivity contribution >= 4 is 5.97 Å². The summed E-state index contributed by atoms with van der Waals surface area (Å²) in [6.07, 6.45) is -0.149. The van der Waals surface area contributed by atoms with Crippen LogP contribution in [0.25, 0.3) is 0 Å². The van der Waals surface area contributed by atoms with Crippen LogP contribution in [0.5, 0.6) is 0 Å². The van der Waals surface area contributed by atoms with Crippen LogP contribution < -0.4 is 0 Å². The maximum absolute atomic E-state index is 11.1. The van der Waals surface area contributed by atoms with Crippen molar-refractivity contribution in [3.05, 3.63) is 0 Å². The predicted octanol–water partition coefficient (Wildman–Crippen LogP) is 0.978. The summed E-state index contributed by atoms with van der Waals surface area (Å²) in [5.74, 6) is 5.11. The van der Waals surface area contributed by atoms with Gasteiger partial charge in [0, 0.05) is 13.5 Å². The molecule has 3 heteroatoms. The van der Waals surface area contributed by atoms with Crippen molar-refractivity contribution in [1.29, 1.82) is 0 Å². The Morgan fingerprint density at radius 2 is 2.25 bits per heavy atom. The summed E-state index contributed by atoms with van der Waals surface area (Å²) in [7, 11) is 1.47. The molecule has 3 nitrogen and oxygen atoms in total. The Morgan fingerprint density at radius 1 is 1.58 bits per heavy atom. The summed E-state index contributed by atoms with van der Waals surface area (Å²) in [5, 5.41) is 0. The molecule has 0 fully saturated rings. The average Bonchev–Trinajstić information content (AvgIpc) is 2.06. The second-order valence-electron chi connectivity index (χ2n) is 2.11. The van der Waals surface area contributed by atoms with Gasteiger partial charge in [-0.3, -0.25) is 0 Å². The number of rotatable bonds is 4. The molecule has 0 amide bonds. The fourth-order valence-corrected chi connectivity index (χ4v) is 0.693. The van der Waals surface area contributed by atoms with Crippen molar-refractivity contribution in [2.24, 2.45) is 0 Å². The zero-order valence-electron chi connectivity index (χ0n) is 7.72. The van der Waals surface area contributed by atoms with Gasteiger partial charge < -0.3 is 9.47 Å². The van der Waals surface area contributed by atoms with E-state index in [0.29, 0.717) is 13.0 Å². The van der Waals surface area contributed by atoms with Gasteiger partial charge in [0.15, 0.2) is 6.10 Å². The molecule has 0 aromatic rings. The summed E-state index contributed by atoms with van der Waals surface area (Å²) < 4.78 is 9.65. The van der Waals surface area contributed by atoms with Crippen molar-refractivity contribution in [1.82, 2.24) is 0 Å². The number of carbonyl (C=O) groups is 1. The minimum Gasteiger partial charge on any atom is -0.464 e. The van der Waals surface area contributed by atoms with E-state index >= 15 is 0 Å². The second-order valence-corrected chi connectivity index (χ2v) is 2.11. The molecule has 0 bridgehead atoms. The Kier molecular flexibility index (Phi) is 6.12. The molecule has 0 aliphatic carbocycles. The fourth-order valence-electron chi connectivity index (χ4n) is 0.693. The maximum atomic E-state index is 11.1. The van der Waals surface area contributed by atoms with Gasteiger partial charge in [0.2, 0.25) is 0 Å². The van der Waals surface area contributed by atoms with Gasteiger partial charge in [-0.25, -0.2) is 4.79 Å². The molecule has 0 rings (SSSR count). The van der Waals surface area contributed by atoms with E-state index in [0.717, 1.165) is 0 Å². The molecule has 0 saturated heterocycles. The van der Waals surface area contributed by atoms with E-state index in [2.05, 4.69) is 11.8 Å². The number of ether oxygens (including phenoxy) is 2. The van der Waals surface area contributed by atoms with Gasteiger partial charge in [0.25, 0.3) is 0 Å². The molecule has 0 saturated carbocycles. The van der Waals surface area contributed by atoms with Crippen LogP contribution in [0.4, 0.5) is 0 Å². The lowest BCUT2D eigenvalue weighted by atomic mass is 10.2. The van der Waals surface area contributed by atoms with Gasteiger partial charge >= 0.3 is 5.97 Å². The number of carbonyl (C=O) groups excluding carboxylic acids is 1. The third-order valence-corrected chi connectivity index (χ3v) is 1.30. The molecule has 1 atom stereocenters. The van der Waals surface area contributed by atoms with Crippen molar-refractivity contribution in [3.63, 3.8) is 0 Å². The van der Waals surface area contributed by atoms with Crippen molar-refractivity contribution < 1.29 is 14.3 Å². The van der Waals surface area contributed by atoms with Gasteiger partial charge in [0.1, 0.15) is 0 Å². The summed E-state index contributed by atoms with van der Waals surface area (Å²) in [4.78, 5) is 11.1. The first kappa shape index (κ1) is 11.0. The number of esters is 1. The summed E-state index contributed by atoms with van der Waals surface area (Å²) >= 11 is 0. The first-order valence-corrected chi connectivity index (χ1v) is 3.85. The van der Waals surface area contributed by atoms with Gasteiger partial charge in [-0.1, -0.05) is 0 Å². The number of hydrogen-bond donors (Lipinski definition) is 0. The second kappa shape index (κ2) is 6.68. The number of hydrogen-bond acceptors (Lipinski definition) is 3. The largest absolute Gasteiger partial charge is 0.464 e. The molecule has 68 valence electrons. The molecular weight excluding hydrogens is 156 g/mol. The normalized spacial score (nSPS) is 11.2. The molecule has 0 spiro atoms. The summed E-state index contributed by atoms with van der Waals surface area (Å²) in [6.45, 7) is 3.85. The molecular formula is C9H14O3. The monoisotopic (exact) mass is 170 g/mol. The highest BCUT2D eigenvalue weighted by atomic mass is 16.6. The van der Waals surface area contributed by atoms with Crippen LogP contribution in [0.2, 0.25) is 0 Å². The number of methoxy groups -OCH3 is 1. The van der Waals surface area contributed by atoms with E-state index in [-0.39, 0.29) is 5.97 Å². The molecule has 0 radical (unpaired) electrons.